The van der Waals surface area contributed by atoms with E-state index in [2.05, 4.69) is 21.9 Å². The van der Waals surface area contributed by atoms with Gasteiger partial charge in [-0.25, -0.2) is 4.79 Å². The van der Waals surface area contributed by atoms with E-state index in [1.54, 1.807) is 17.5 Å². The summed E-state index contributed by atoms with van der Waals surface area (Å²) < 4.78 is 7.79. The van der Waals surface area contributed by atoms with E-state index in [0.29, 0.717) is 13.1 Å². The number of ether oxygens (including phenoxy) is 1. The van der Waals surface area contributed by atoms with E-state index in [1.807, 2.05) is 41.9 Å². The van der Waals surface area contributed by atoms with Gasteiger partial charge in [0, 0.05) is 18.8 Å². The Morgan fingerprint density at radius 3 is 2.96 bits per heavy atom. The quantitative estimate of drug-likeness (QED) is 0.934. The first-order valence-electron chi connectivity index (χ1n) is 7.80. The zero-order valence-corrected chi connectivity index (χ0v) is 14.4. The second kappa shape index (κ2) is 6.72. The van der Waals surface area contributed by atoms with Crippen LogP contribution in [0.1, 0.15) is 38.5 Å². The molecule has 1 saturated heterocycles. The largest absolute Gasteiger partial charge is 0.367 e. The van der Waals surface area contributed by atoms with Gasteiger partial charge in [0.05, 0.1) is 24.5 Å². The van der Waals surface area contributed by atoms with Crippen LogP contribution in [0.5, 0.6) is 0 Å². The molecular formula is C16H22N4O2S. The summed E-state index contributed by atoms with van der Waals surface area (Å²) in [5, 5.41) is 11.3. The van der Waals surface area contributed by atoms with Gasteiger partial charge in [-0.05, 0) is 43.2 Å². The van der Waals surface area contributed by atoms with Crippen molar-refractivity contribution in [1.29, 1.82) is 0 Å². The van der Waals surface area contributed by atoms with Gasteiger partial charge in [-0.15, -0.1) is 0 Å². The molecule has 2 atom stereocenters. The van der Waals surface area contributed by atoms with Crippen LogP contribution in [0.25, 0.3) is 0 Å². The number of amides is 2. The molecule has 124 valence electrons. The number of carbonyl (C=O) groups is 1. The number of aromatic nitrogens is 2. The van der Waals surface area contributed by atoms with Crippen LogP contribution in [0.4, 0.5) is 10.5 Å². The van der Waals surface area contributed by atoms with Gasteiger partial charge in [0.25, 0.3) is 0 Å². The molecule has 2 aromatic rings. The highest BCUT2D eigenvalue weighted by Gasteiger charge is 2.29. The van der Waals surface area contributed by atoms with Crippen LogP contribution < -0.4 is 5.32 Å². The van der Waals surface area contributed by atoms with Gasteiger partial charge >= 0.3 is 6.03 Å². The summed E-state index contributed by atoms with van der Waals surface area (Å²) in [5.74, 6) is 0. The second-order valence-electron chi connectivity index (χ2n) is 6.13. The van der Waals surface area contributed by atoms with E-state index in [-0.39, 0.29) is 24.3 Å². The van der Waals surface area contributed by atoms with Crippen molar-refractivity contribution < 1.29 is 9.53 Å². The van der Waals surface area contributed by atoms with Crippen LogP contribution in [-0.2, 0) is 4.74 Å². The highest BCUT2D eigenvalue weighted by molar-refractivity contribution is 7.07. The standard InChI is InChI=1S/C16H22N4O2S/c1-11(2)20-8-14(6-17-20)18-16(21)19-7-12(3)22-15(9-19)13-4-5-23-10-13/h4-6,8,10-12,15H,7,9H2,1-3H3,(H,18,21)/t12-,15+/m1/s1. The third-order valence-electron chi connectivity index (χ3n) is 3.84. The Morgan fingerprint density at radius 1 is 1.48 bits per heavy atom. The molecule has 0 bridgehead atoms. The molecule has 3 heterocycles. The molecule has 7 heteroatoms. The normalized spacial score (nSPS) is 21.7. The van der Waals surface area contributed by atoms with E-state index >= 15 is 0 Å². The zero-order chi connectivity index (χ0) is 16.4. The van der Waals surface area contributed by atoms with Crippen molar-refractivity contribution in [3.8, 4) is 0 Å². The number of hydrogen-bond donors (Lipinski definition) is 1. The van der Waals surface area contributed by atoms with Gasteiger partial charge in [0.1, 0.15) is 6.10 Å². The fourth-order valence-corrected chi connectivity index (χ4v) is 3.35. The number of carbonyl (C=O) groups excluding carboxylic acids is 1. The number of thiophene rings is 1. The topological polar surface area (TPSA) is 59.4 Å². The van der Waals surface area contributed by atoms with Crippen LogP contribution in [0.3, 0.4) is 0 Å². The molecule has 6 nitrogen and oxygen atoms in total. The average molecular weight is 334 g/mol. The summed E-state index contributed by atoms with van der Waals surface area (Å²) in [6, 6.07) is 2.21. The molecule has 1 fully saturated rings. The summed E-state index contributed by atoms with van der Waals surface area (Å²) in [5.41, 5.74) is 1.85. The Morgan fingerprint density at radius 2 is 2.30 bits per heavy atom. The Bertz CT molecular complexity index is 653. The molecule has 3 rings (SSSR count). The predicted octanol–water partition coefficient (Wildman–Crippen LogP) is 3.52. The molecule has 0 aliphatic carbocycles. The first kappa shape index (κ1) is 16.0. The maximum atomic E-state index is 12.5. The maximum Gasteiger partial charge on any atom is 0.322 e. The molecule has 1 N–H and O–H groups in total. The highest BCUT2D eigenvalue weighted by Crippen LogP contribution is 2.27. The van der Waals surface area contributed by atoms with Crippen molar-refractivity contribution >= 4 is 23.1 Å². The first-order valence-corrected chi connectivity index (χ1v) is 8.75. The van der Waals surface area contributed by atoms with Crippen LogP contribution in [0, 0.1) is 0 Å². The SMILES string of the molecule is CC(C)n1cc(NC(=O)N2C[C@@H](C)O[C@H](c3ccsc3)C2)cn1. The van der Waals surface area contributed by atoms with Gasteiger partial charge in [-0.2, -0.15) is 16.4 Å². The molecule has 2 amide bonds. The Labute approximate surface area is 140 Å². The first-order chi connectivity index (χ1) is 11.0. The van der Waals surface area contributed by atoms with Crippen molar-refractivity contribution in [3.63, 3.8) is 0 Å². The Balaban J connectivity index is 1.66. The molecule has 2 aromatic heterocycles. The molecule has 0 aromatic carbocycles. The summed E-state index contributed by atoms with van der Waals surface area (Å²) in [7, 11) is 0. The van der Waals surface area contributed by atoms with Crippen molar-refractivity contribution in [2.24, 2.45) is 0 Å². The number of nitrogens with zero attached hydrogens (tertiary/aromatic N) is 3. The van der Waals surface area contributed by atoms with Gasteiger partial charge in [0.15, 0.2) is 0 Å². The molecule has 1 aliphatic rings. The fraction of sp³-hybridized carbons (Fsp3) is 0.500. The van der Waals surface area contributed by atoms with Crippen LogP contribution >= 0.6 is 11.3 Å². The van der Waals surface area contributed by atoms with Gasteiger partial charge in [0.2, 0.25) is 0 Å². The number of anilines is 1. The number of urea groups is 1. The maximum absolute atomic E-state index is 12.5. The predicted molar refractivity (Wildman–Crippen MR) is 90.8 cm³/mol. The van der Waals surface area contributed by atoms with E-state index in [4.69, 9.17) is 4.74 Å². The molecule has 23 heavy (non-hydrogen) atoms. The van der Waals surface area contributed by atoms with E-state index < -0.39 is 0 Å². The van der Waals surface area contributed by atoms with Gasteiger partial charge in [-0.1, -0.05) is 0 Å². The molecule has 1 aliphatic heterocycles. The number of hydrogen-bond acceptors (Lipinski definition) is 4. The summed E-state index contributed by atoms with van der Waals surface area (Å²) in [6.07, 6.45) is 3.48. The van der Waals surface area contributed by atoms with Gasteiger partial charge in [-0.3, -0.25) is 4.68 Å². The van der Waals surface area contributed by atoms with Crippen molar-refractivity contribution in [2.45, 2.75) is 39.0 Å². The van der Waals surface area contributed by atoms with Crippen molar-refractivity contribution in [1.82, 2.24) is 14.7 Å². The number of nitrogens with one attached hydrogen (secondary N) is 1. The minimum Gasteiger partial charge on any atom is -0.367 e. The van der Waals surface area contributed by atoms with E-state index in [9.17, 15) is 4.79 Å². The molecule has 0 radical (unpaired) electrons. The van der Waals surface area contributed by atoms with Crippen LogP contribution in [0.2, 0.25) is 0 Å². The van der Waals surface area contributed by atoms with Crippen molar-refractivity contribution in [2.75, 3.05) is 18.4 Å². The average Bonchev–Trinajstić information content (AvgIpc) is 3.18. The lowest BCUT2D eigenvalue weighted by molar-refractivity contribution is -0.0640. The number of morpholine rings is 1. The zero-order valence-electron chi connectivity index (χ0n) is 13.6. The molecule has 0 spiro atoms. The van der Waals surface area contributed by atoms with E-state index in [0.717, 1.165) is 11.3 Å². The monoisotopic (exact) mass is 334 g/mol. The lowest BCUT2D eigenvalue weighted by Crippen LogP contribution is -2.47. The van der Waals surface area contributed by atoms with Crippen LogP contribution in [0.15, 0.2) is 29.2 Å². The third kappa shape index (κ3) is 3.73. The number of rotatable bonds is 3. The lowest BCUT2D eigenvalue weighted by Gasteiger charge is -2.36. The van der Waals surface area contributed by atoms with Crippen LogP contribution in [-0.4, -0.2) is 39.9 Å². The third-order valence-corrected chi connectivity index (χ3v) is 4.55. The second-order valence-corrected chi connectivity index (χ2v) is 6.91. The smallest absolute Gasteiger partial charge is 0.322 e. The summed E-state index contributed by atoms with van der Waals surface area (Å²) in [4.78, 5) is 14.3. The fourth-order valence-electron chi connectivity index (χ4n) is 2.65. The Kier molecular flexibility index (Phi) is 4.68. The Hall–Kier alpha value is -1.86. The van der Waals surface area contributed by atoms with E-state index in [1.165, 1.54) is 0 Å². The van der Waals surface area contributed by atoms with Crippen molar-refractivity contribution in [3.05, 3.63) is 34.8 Å². The van der Waals surface area contributed by atoms with Gasteiger partial charge < -0.3 is 15.0 Å². The lowest BCUT2D eigenvalue weighted by atomic mass is 10.1. The minimum atomic E-state index is -0.108. The summed E-state index contributed by atoms with van der Waals surface area (Å²) in [6.45, 7) is 7.24. The summed E-state index contributed by atoms with van der Waals surface area (Å²) >= 11 is 1.64. The molecule has 0 saturated carbocycles. The molecular weight excluding hydrogens is 312 g/mol. The minimum absolute atomic E-state index is 0.0118. The highest BCUT2D eigenvalue weighted by atomic mass is 32.1. The molecule has 0 unspecified atom stereocenters.